The van der Waals surface area contributed by atoms with Gasteiger partial charge >= 0.3 is 0 Å². The van der Waals surface area contributed by atoms with Crippen LogP contribution >= 0.6 is 11.3 Å². The number of pyridine rings is 1. The number of aliphatic hydroxyl groups is 1. The molecule has 0 saturated carbocycles. The number of ether oxygens (including phenoxy) is 1. The zero-order valence-corrected chi connectivity index (χ0v) is 18.7. The summed E-state index contributed by atoms with van der Waals surface area (Å²) in [7, 11) is 0. The molecule has 3 heterocycles. The second-order valence-electron chi connectivity index (χ2n) is 7.03. The van der Waals surface area contributed by atoms with Crippen LogP contribution in [0.25, 0.3) is 10.6 Å². The number of aromatic nitrogens is 4. The lowest BCUT2D eigenvalue weighted by molar-refractivity contribution is 0.197. The van der Waals surface area contributed by atoms with Crippen LogP contribution in [0.1, 0.15) is 37.3 Å². The average molecular weight is 444 g/mol. The Morgan fingerprint density at radius 1 is 1.10 bits per heavy atom. The van der Waals surface area contributed by atoms with E-state index in [0.717, 1.165) is 42.1 Å². The molecular weight excluding hydrogens is 414 g/mol. The molecule has 5 N–H and O–H groups in total. The van der Waals surface area contributed by atoms with Crippen LogP contribution in [0.2, 0.25) is 0 Å². The summed E-state index contributed by atoms with van der Waals surface area (Å²) in [6.45, 7) is 5.74. The Kier molecular flexibility index (Phi) is 7.96. The van der Waals surface area contributed by atoms with E-state index in [4.69, 9.17) is 26.3 Å². The van der Waals surface area contributed by atoms with Gasteiger partial charge in [-0.15, -0.1) is 11.3 Å². The first kappa shape index (κ1) is 22.7. The van der Waals surface area contributed by atoms with Crippen LogP contribution in [0.15, 0.2) is 24.4 Å². The largest absolute Gasteiger partial charge is 0.475 e. The highest BCUT2D eigenvalue weighted by Crippen LogP contribution is 2.31. The summed E-state index contributed by atoms with van der Waals surface area (Å²) in [5, 5.41) is 9.88. The number of thiazole rings is 1. The molecule has 0 aliphatic heterocycles. The van der Waals surface area contributed by atoms with E-state index in [9.17, 15) is 0 Å². The van der Waals surface area contributed by atoms with Crippen molar-refractivity contribution >= 4 is 28.9 Å². The van der Waals surface area contributed by atoms with Gasteiger partial charge < -0.3 is 26.2 Å². The van der Waals surface area contributed by atoms with E-state index >= 15 is 0 Å². The van der Waals surface area contributed by atoms with Crippen molar-refractivity contribution in [3.63, 3.8) is 0 Å². The molecule has 3 aromatic rings. The molecule has 0 amide bonds. The fourth-order valence-electron chi connectivity index (χ4n) is 3.14. The molecule has 10 heteroatoms. The summed E-state index contributed by atoms with van der Waals surface area (Å²) in [5.41, 5.74) is 13.7. The number of hydrogen-bond donors (Lipinski definition) is 3. The smallest absolute Gasteiger partial charge is 0.229 e. The fourth-order valence-corrected chi connectivity index (χ4v) is 4.31. The lowest BCUT2D eigenvalue weighted by Crippen LogP contribution is -2.27. The van der Waals surface area contributed by atoms with Gasteiger partial charge in [-0.1, -0.05) is 20.3 Å². The maximum absolute atomic E-state index is 8.97. The Hall–Kier alpha value is -2.98. The van der Waals surface area contributed by atoms with E-state index in [-0.39, 0.29) is 13.2 Å². The van der Waals surface area contributed by atoms with Crippen molar-refractivity contribution in [1.82, 2.24) is 19.9 Å². The van der Waals surface area contributed by atoms with Crippen molar-refractivity contribution in [3.05, 3.63) is 35.0 Å². The number of rotatable bonds is 11. The monoisotopic (exact) mass is 443 g/mol. The molecule has 9 nitrogen and oxygen atoms in total. The molecule has 0 spiro atoms. The van der Waals surface area contributed by atoms with Crippen LogP contribution in [0.3, 0.4) is 0 Å². The van der Waals surface area contributed by atoms with Gasteiger partial charge in [0.05, 0.1) is 18.8 Å². The topological polar surface area (TPSA) is 136 Å². The molecule has 166 valence electrons. The first-order valence-corrected chi connectivity index (χ1v) is 11.2. The summed E-state index contributed by atoms with van der Waals surface area (Å²) in [4.78, 5) is 21.2. The van der Waals surface area contributed by atoms with Crippen molar-refractivity contribution in [1.29, 1.82) is 0 Å². The van der Waals surface area contributed by atoms with Crippen LogP contribution in [-0.4, -0.2) is 44.8 Å². The molecule has 0 aliphatic carbocycles. The van der Waals surface area contributed by atoms with E-state index in [1.165, 1.54) is 4.88 Å². The summed E-state index contributed by atoms with van der Waals surface area (Å²) >= 11 is 1.67. The van der Waals surface area contributed by atoms with Crippen LogP contribution in [-0.2, 0) is 13.0 Å². The predicted molar refractivity (Wildman–Crippen MR) is 124 cm³/mol. The van der Waals surface area contributed by atoms with Gasteiger partial charge in [0.2, 0.25) is 11.8 Å². The molecule has 3 rings (SSSR count). The number of aliphatic hydroxyl groups excluding tert-OH is 1. The van der Waals surface area contributed by atoms with Crippen LogP contribution in [0.5, 0.6) is 5.88 Å². The lowest BCUT2D eigenvalue weighted by atomic mass is 10.2. The average Bonchev–Trinajstić information content (AvgIpc) is 3.14. The molecule has 0 saturated heterocycles. The quantitative estimate of drug-likeness (QED) is 0.408. The minimum atomic E-state index is -0.0577. The van der Waals surface area contributed by atoms with Crippen molar-refractivity contribution in [3.8, 4) is 16.5 Å². The van der Waals surface area contributed by atoms with Gasteiger partial charge in [-0.25, -0.2) is 9.97 Å². The third-order valence-electron chi connectivity index (χ3n) is 4.45. The molecule has 0 unspecified atom stereocenters. The van der Waals surface area contributed by atoms with Crippen molar-refractivity contribution in [2.24, 2.45) is 0 Å². The van der Waals surface area contributed by atoms with E-state index in [0.29, 0.717) is 30.0 Å². The molecule has 3 aromatic heterocycles. The molecule has 0 aliphatic rings. The van der Waals surface area contributed by atoms with Gasteiger partial charge in [-0.05, 0) is 18.9 Å². The van der Waals surface area contributed by atoms with Crippen LogP contribution in [0.4, 0.5) is 17.6 Å². The second-order valence-corrected chi connectivity index (χ2v) is 8.12. The number of nitrogen functional groups attached to an aromatic ring is 2. The zero-order chi connectivity index (χ0) is 22.2. The first-order valence-electron chi connectivity index (χ1n) is 10.4. The highest BCUT2D eigenvalue weighted by Gasteiger charge is 2.18. The Balaban J connectivity index is 1.92. The number of aryl methyl sites for hydroxylation is 1. The number of nitrogens with two attached hydrogens (primary N) is 2. The van der Waals surface area contributed by atoms with E-state index in [1.807, 2.05) is 12.1 Å². The molecule has 0 fully saturated rings. The van der Waals surface area contributed by atoms with Gasteiger partial charge in [-0.3, -0.25) is 0 Å². The van der Waals surface area contributed by atoms with Gasteiger partial charge in [0.25, 0.3) is 0 Å². The van der Waals surface area contributed by atoms with Gasteiger partial charge in [0.1, 0.15) is 23.3 Å². The Labute approximate surface area is 186 Å². The Morgan fingerprint density at radius 2 is 1.87 bits per heavy atom. The second kappa shape index (κ2) is 10.9. The highest BCUT2D eigenvalue weighted by molar-refractivity contribution is 7.15. The van der Waals surface area contributed by atoms with Crippen LogP contribution in [0, 0.1) is 0 Å². The van der Waals surface area contributed by atoms with E-state index in [2.05, 4.69) is 33.7 Å². The first-order chi connectivity index (χ1) is 15.0. The summed E-state index contributed by atoms with van der Waals surface area (Å²) in [5.74, 6) is 1.68. The van der Waals surface area contributed by atoms with Gasteiger partial charge in [0.15, 0.2) is 0 Å². The predicted octanol–water partition coefficient (Wildman–Crippen LogP) is 2.90. The van der Waals surface area contributed by atoms with Gasteiger partial charge in [-0.2, -0.15) is 9.97 Å². The molecule has 0 bridgehead atoms. The Bertz CT molecular complexity index is 975. The summed E-state index contributed by atoms with van der Waals surface area (Å²) in [6, 6.07) is 5.31. The van der Waals surface area contributed by atoms with Gasteiger partial charge in [0, 0.05) is 35.3 Å². The third-order valence-corrected chi connectivity index (χ3v) is 5.66. The SMILES string of the molecule is CCCc1sc(-c2ccnc(OCCO)c2)nc1CN(CCC)c1nc(N)cc(N)n1. The maximum Gasteiger partial charge on any atom is 0.229 e. The third kappa shape index (κ3) is 6.02. The minimum absolute atomic E-state index is 0.0577. The van der Waals surface area contributed by atoms with Crippen molar-refractivity contribution in [2.45, 2.75) is 39.7 Å². The number of hydrogen-bond acceptors (Lipinski definition) is 10. The standard InChI is InChI=1S/C21H29N7O2S/c1-3-5-16-15(13-28(8-4-2)21-26-17(22)12-18(23)27-21)25-20(31-16)14-6-7-24-19(11-14)30-10-9-29/h6-7,11-12,29H,3-5,8-10,13H2,1-2H3,(H4,22,23,26,27). The minimum Gasteiger partial charge on any atom is -0.475 e. The number of nitrogens with zero attached hydrogens (tertiary/aromatic N) is 5. The Morgan fingerprint density at radius 3 is 2.55 bits per heavy atom. The normalized spacial score (nSPS) is 10.9. The molecular formula is C21H29N7O2S. The fraction of sp³-hybridized carbons (Fsp3) is 0.429. The number of anilines is 3. The van der Waals surface area contributed by atoms with E-state index < -0.39 is 0 Å². The summed E-state index contributed by atoms with van der Waals surface area (Å²) < 4.78 is 5.45. The lowest BCUT2D eigenvalue weighted by Gasteiger charge is -2.22. The zero-order valence-electron chi connectivity index (χ0n) is 17.9. The van der Waals surface area contributed by atoms with E-state index in [1.54, 1.807) is 23.6 Å². The molecule has 0 aromatic carbocycles. The van der Waals surface area contributed by atoms with Crippen molar-refractivity contribution < 1.29 is 9.84 Å². The summed E-state index contributed by atoms with van der Waals surface area (Å²) in [6.07, 6.45) is 4.57. The molecule has 0 atom stereocenters. The molecule has 31 heavy (non-hydrogen) atoms. The van der Waals surface area contributed by atoms with Crippen LogP contribution < -0.4 is 21.1 Å². The maximum atomic E-state index is 8.97. The molecule has 0 radical (unpaired) electrons. The van der Waals surface area contributed by atoms with Crippen molar-refractivity contribution in [2.75, 3.05) is 36.1 Å². The highest BCUT2D eigenvalue weighted by atomic mass is 32.1.